The maximum atomic E-state index is 12.6. The summed E-state index contributed by atoms with van der Waals surface area (Å²) in [6.45, 7) is 0. The molecule has 124 valence electrons. The summed E-state index contributed by atoms with van der Waals surface area (Å²) in [5, 5.41) is 0.877. The van der Waals surface area contributed by atoms with Crippen LogP contribution in [0, 0.1) is 0 Å². The molecule has 0 fully saturated rings. The molecule has 0 amide bonds. The van der Waals surface area contributed by atoms with Crippen LogP contribution in [0.5, 0.6) is 0 Å². The molecular formula is C16H13ClN2O4S. The molecule has 1 heterocycles. The van der Waals surface area contributed by atoms with Crippen molar-refractivity contribution in [1.29, 1.82) is 0 Å². The van der Waals surface area contributed by atoms with Gasteiger partial charge in [-0.3, -0.25) is 4.72 Å². The van der Waals surface area contributed by atoms with E-state index in [-0.39, 0.29) is 15.5 Å². The first-order valence-corrected chi connectivity index (χ1v) is 8.74. The Morgan fingerprint density at radius 3 is 2.71 bits per heavy atom. The number of halogens is 1. The van der Waals surface area contributed by atoms with Gasteiger partial charge in [-0.05, 0) is 42.5 Å². The summed E-state index contributed by atoms with van der Waals surface area (Å²) in [5.74, 6) is -0.642. The fourth-order valence-electron chi connectivity index (χ4n) is 2.28. The number of fused-ring (bicyclic) bond motifs is 1. The van der Waals surface area contributed by atoms with E-state index in [4.69, 9.17) is 11.6 Å². The number of H-pyrrole nitrogens is 1. The molecular weight excluding hydrogens is 352 g/mol. The second-order valence-electron chi connectivity index (χ2n) is 5.02. The zero-order chi connectivity index (χ0) is 17.3. The minimum atomic E-state index is -3.96. The highest BCUT2D eigenvalue weighted by Crippen LogP contribution is 2.26. The number of aromatic amines is 1. The lowest BCUT2D eigenvalue weighted by atomic mass is 10.2. The van der Waals surface area contributed by atoms with Gasteiger partial charge in [-0.15, -0.1) is 0 Å². The van der Waals surface area contributed by atoms with E-state index in [1.165, 1.54) is 25.3 Å². The van der Waals surface area contributed by atoms with Crippen molar-refractivity contribution in [2.75, 3.05) is 11.8 Å². The Labute approximate surface area is 143 Å². The molecule has 2 aromatic carbocycles. The highest BCUT2D eigenvalue weighted by Gasteiger charge is 2.21. The summed E-state index contributed by atoms with van der Waals surface area (Å²) in [6.07, 6.45) is 1.76. The average molecular weight is 365 g/mol. The Bertz CT molecular complexity index is 1030. The number of benzene rings is 2. The van der Waals surface area contributed by atoms with Crippen LogP contribution < -0.4 is 4.72 Å². The molecule has 0 aliphatic heterocycles. The molecule has 1 aromatic heterocycles. The fourth-order valence-corrected chi connectivity index (χ4v) is 3.86. The fraction of sp³-hybridized carbons (Fsp3) is 0.0625. The number of sulfonamides is 1. The minimum absolute atomic E-state index is 0.0119. The van der Waals surface area contributed by atoms with E-state index < -0.39 is 16.0 Å². The van der Waals surface area contributed by atoms with Gasteiger partial charge in [-0.1, -0.05) is 11.6 Å². The molecule has 0 saturated heterocycles. The molecule has 0 radical (unpaired) electrons. The van der Waals surface area contributed by atoms with Crippen LogP contribution in [0.3, 0.4) is 0 Å². The predicted octanol–water partition coefficient (Wildman–Crippen LogP) is 3.41. The third-order valence-corrected chi connectivity index (χ3v) is 5.31. The Balaban J connectivity index is 1.99. The third-order valence-electron chi connectivity index (χ3n) is 3.45. The van der Waals surface area contributed by atoms with E-state index in [1.54, 1.807) is 24.4 Å². The SMILES string of the molecule is COC(=O)c1ccc(Cl)c(S(=O)(=O)Nc2ccc3[nH]ccc3c2)c1. The first-order valence-electron chi connectivity index (χ1n) is 6.88. The standard InChI is InChI=1S/C16H13ClN2O4S/c1-23-16(20)11-2-4-13(17)15(9-11)24(21,22)19-12-3-5-14-10(8-12)6-7-18-14/h2-9,18-19H,1H3. The highest BCUT2D eigenvalue weighted by atomic mass is 35.5. The van der Waals surface area contributed by atoms with Crippen molar-refractivity contribution in [3.8, 4) is 0 Å². The lowest BCUT2D eigenvalue weighted by Crippen LogP contribution is -2.14. The molecule has 3 rings (SSSR count). The smallest absolute Gasteiger partial charge is 0.337 e. The molecule has 0 bridgehead atoms. The summed E-state index contributed by atoms with van der Waals surface area (Å²) < 4.78 is 32.3. The topological polar surface area (TPSA) is 88.3 Å². The van der Waals surface area contributed by atoms with Gasteiger partial charge in [0.25, 0.3) is 10.0 Å². The first-order chi connectivity index (χ1) is 11.4. The van der Waals surface area contributed by atoms with E-state index in [2.05, 4.69) is 14.4 Å². The van der Waals surface area contributed by atoms with Gasteiger partial charge < -0.3 is 9.72 Å². The van der Waals surface area contributed by atoms with E-state index in [0.29, 0.717) is 5.69 Å². The largest absolute Gasteiger partial charge is 0.465 e. The number of aromatic nitrogens is 1. The van der Waals surface area contributed by atoms with Crippen LogP contribution in [0.15, 0.2) is 53.6 Å². The molecule has 2 N–H and O–H groups in total. The Kier molecular flexibility index (Phi) is 4.21. The number of hydrogen-bond donors (Lipinski definition) is 2. The Morgan fingerprint density at radius 1 is 1.17 bits per heavy atom. The molecule has 0 atom stereocenters. The van der Waals surface area contributed by atoms with Crippen LogP contribution in [-0.4, -0.2) is 26.5 Å². The number of carbonyl (C=O) groups excluding carboxylic acids is 1. The van der Waals surface area contributed by atoms with Gasteiger partial charge in [0, 0.05) is 22.8 Å². The van der Waals surface area contributed by atoms with Crippen molar-refractivity contribution in [1.82, 2.24) is 4.98 Å². The van der Waals surface area contributed by atoms with Crippen molar-refractivity contribution in [2.45, 2.75) is 4.90 Å². The van der Waals surface area contributed by atoms with Crippen molar-refractivity contribution >= 4 is 44.2 Å². The van der Waals surface area contributed by atoms with Gasteiger partial charge in [-0.25, -0.2) is 13.2 Å². The third kappa shape index (κ3) is 3.08. The van der Waals surface area contributed by atoms with Crippen LogP contribution in [0.25, 0.3) is 10.9 Å². The van der Waals surface area contributed by atoms with Crippen LogP contribution in [0.1, 0.15) is 10.4 Å². The van der Waals surface area contributed by atoms with Crippen LogP contribution >= 0.6 is 11.6 Å². The molecule has 24 heavy (non-hydrogen) atoms. The van der Waals surface area contributed by atoms with E-state index in [0.717, 1.165) is 10.9 Å². The van der Waals surface area contributed by atoms with Gasteiger partial charge in [0.05, 0.1) is 17.7 Å². The summed E-state index contributed by atoms with van der Waals surface area (Å²) in [5.41, 5.74) is 1.38. The molecule has 0 aliphatic rings. The van der Waals surface area contributed by atoms with Crippen molar-refractivity contribution in [3.63, 3.8) is 0 Å². The lowest BCUT2D eigenvalue weighted by molar-refractivity contribution is 0.0600. The number of rotatable bonds is 4. The maximum absolute atomic E-state index is 12.6. The second kappa shape index (κ2) is 6.18. The van der Waals surface area contributed by atoms with Crippen molar-refractivity contribution in [2.24, 2.45) is 0 Å². The van der Waals surface area contributed by atoms with Gasteiger partial charge >= 0.3 is 5.97 Å². The Hall–Kier alpha value is -2.51. The minimum Gasteiger partial charge on any atom is -0.465 e. The van der Waals surface area contributed by atoms with Crippen LogP contribution in [0.2, 0.25) is 5.02 Å². The monoisotopic (exact) mass is 364 g/mol. The number of hydrogen-bond acceptors (Lipinski definition) is 4. The van der Waals surface area contributed by atoms with Crippen molar-refractivity contribution < 1.29 is 17.9 Å². The van der Waals surface area contributed by atoms with Crippen LogP contribution in [-0.2, 0) is 14.8 Å². The molecule has 3 aromatic rings. The first kappa shape index (κ1) is 16.4. The summed E-state index contributed by atoms with van der Waals surface area (Å²) in [4.78, 5) is 14.4. The zero-order valence-corrected chi connectivity index (χ0v) is 14.1. The van der Waals surface area contributed by atoms with Gasteiger partial charge in [0.2, 0.25) is 0 Å². The van der Waals surface area contributed by atoms with Crippen LogP contribution in [0.4, 0.5) is 5.69 Å². The van der Waals surface area contributed by atoms with E-state index in [1.807, 2.05) is 6.07 Å². The summed E-state index contributed by atoms with van der Waals surface area (Å²) in [7, 11) is -2.74. The summed E-state index contributed by atoms with van der Waals surface area (Å²) >= 11 is 6.00. The molecule has 0 saturated carbocycles. The van der Waals surface area contributed by atoms with E-state index in [9.17, 15) is 13.2 Å². The van der Waals surface area contributed by atoms with Crippen molar-refractivity contribution in [3.05, 3.63) is 59.2 Å². The highest BCUT2D eigenvalue weighted by molar-refractivity contribution is 7.92. The van der Waals surface area contributed by atoms with Gasteiger partial charge in [0.1, 0.15) is 4.90 Å². The lowest BCUT2D eigenvalue weighted by Gasteiger charge is -2.11. The number of carbonyl (C=O) groups is 1. The number of methoxy groups -OCH3 is 1. The molecule has 0 aliphatic carbocycles. The van der Waals surface area contributed by atoms with E-state index >= 15 is 0 Å². The number of ether oxygens (including phenoxy) is 1. The maximum Gasteiger partial charge on any atom is 0.337 e. The predicted molar refractivity (Wildman–Crippen MR) is 91.9 cm³/mol. The molecule has 0 spiro atoms. The zero-order valence-electron chi connectivity index (χ0n) is 12.5. The average Bonchev–Trinajstić information content (AvgIpc) is 3.01. The van der Waals surface area contributed by atoms with Gasteiger partial charge in [-0.2, -0.15) is 0 Å². The molecule has 0 unspecified atom stereocenters. The molecule has 8 heteroatoms. The quantitative estimate of drug-likeness (QED) is 0.694. The Morgan fingerprint density at radius 2 is 1.96 bits per heavy atom. The number of nitrogens with one attached hydrogen (secondary N) is 2. The van der Waals surface area contributed by atoms with Gasteiger partial charge in [0.15, 0.2) is 0 Å². The number of esters is 1. The second-order valence-corrected chi connectivity index (χ2v) is 7.08. The molecule has 6 nitrogen and oxygen atoms in total. The number of anilines is 1. The normalized spacial score (nSPS) is 11.4. The summed E-state index contributed by atoms with van der Waals surface area (Å²) in [6, 6.07) is 10.9.